The van der Waals surface area contributed by atoms with E-state index in [9.17, 15) is 4.79 Å². The Hall–Kier alpha value is -3.47. The highest BCUT2D eigenvalue weighted by molar-refractivity contribution is 6.13. The predicted molar refractivity (Wildman–Crippen MR) is 107 cm³/mol. The van der Waals surface area contributed by atoms with E-state index in [0.29, 0.717) is 18.7 Å². The number of benzene rings is 2. The molecule has 0 spiro atoms. The first-order valence-electron chi connectivity index (χ1n) is 8.88. The number of rotatable bonds is 5. The Kier molecular flexibility index (Phi) is 4.66. The molecule has 0 saturated heterocycles. The lowest BCUT2D eigenvalue weighted by molar-refractivity contribution is 0.0527. The van der Waals surface area contributed by atoms with Crippen LogP contribution in [0.2, 0.25) is 0 Å². The van der Waals surface area contributed by atoms with Crippen molar-refractivity contribution in [2.24, 2.45) is 0 Å². The molecular formula is C22H19N3O2. The van der Waals surface area contributed by atoms with Crippen LogP contribution in [0, 0.1) is 0 Å². The summed E-state index contributed by atoms with van der Waals surface area (Å²) >= 11 is 0. The van der Waals surface area contributed by atoms with Crippen molar-refractivity contribution in [1.82, 2.24) is 9.97 Å². The summed E-state index contributed by atoms with van der Waals surface area (Å²) < 4.78 is 5.23. The van der Waals surface area contributed by atoms with Gasteiger partial charge in [-0.25, -0.2) is 4.79 Å². The Bertz CT molecular complexity index is 1110. The number of nitrogens with zero attached hydrogens (tertiary/aromatic N) is 2. The standard InChI is InChI=1S/C22H19N3O2/c1-2-27-22(26)19-14-25-20-17-8-4-3-7-16(17)9-10-18(20)21(19)24-13-15-6-5-11-23-12-15/h3-12,14H,2,13H2,1H3,(H,24,25). The molecule has 5 heteroatoms. The molecule has 0 bridgehead atoms. The zero-order valence-electron chi connectivity index (χ0n) is 15.0. The van der Waals surface area contributed by atoms with Gasteiger partial charge >= 0.3 is 5.97 Å². The van der Waals surface area contributed by atoms with Crippen LogP contribution in [0.1, 0.15) is 22.8 Å². The van der Waals surface area contributed by atoms with Gasteiger partial charge in [0.05, 0.1) is 17.8 Å². The number of aromatic nitrogens is 2. The molecular weight excluding hydrogens is 338 g/mol. The molecule has 0 aliphatic rings. The van der Waals surface area contributed by atoms with E-state index in [-0.39, 0.29) is 5.97 Å². The maximum Gasteiger partial charge on any atom is 0.341 e. The second-order valence-corrected chi connectivity index (χ2v) is 6.17. The molecule has 27 heavy (non-hydrogen) atoms. The van der Waals surface area contributed by atoms with Gasteiger partial charge in [0.2, 0.25) is 0 Å². The number of hydrogen-bond donors (Lipinski definition) is 1. The van der Waals surface area contributed by atoms with Gasteiger partial charge in [-0.1, -0.05) is 42.5 Å². The van der Waals surface area contributed by atoms with E-state index in [1.165, 1.54) is 0 Å². The molecule has 5 nitrogen and oxygen atoms in total. The zero-order valence-corrected chi connectivity index (χ0v) is 15.0. The summed E-state index contributed by atoms with van der Waals surface area (Å²) in [5, 5.41) is 6.45. The molecule has 0 aliphatic carbocycles. The first-order chi connectivity index (χ1) is 13.3. The average Bonchev–Trinajstić information content (AvgIpc) is 2.72. The van der Waals surface area contributed by atoms with E-state index >= 15 is 0 Å². The lowest BCUT2D eigenvalue weighted by Crippen LogP contribution is -2.11. The number of carbonyl (C=O) groups is 1. The normalized spacial score (nSPS) is 10.9. The maximum absolute atomic E-state index is 12.5. The minimum Gasteiger partial charge on any atom is -0.462 e. The second kappa shape index (κ2) is 7.41. The fraction of sp³-hybridized carbons (Fsp3) is 0.136. The van der Waals surface area contributed by atoms with Gasteiger partial charge in [-0.15, -0.1) is 0 Å². The Morgan fingerprint density at radius 2 is 1.93 bits per heavy atom. The third kappa shape index (κ3) is 3.31. The van der Waals surface area contributed by atoms with Crippen molar-refractivity contribution < 1.29 is 9.53 Å². The summed E-state index contributed by atoms with van der Waals surface area (Å²) in [5.41, 5.74) is 3.05. The molecule has 0 radical (unpaired) electrons. The van der Waals surface area contributed by atoms with Gasteiger partial charge in [0.1, 0.15) is 5.56 Å². The van der Waals surface area contributed by atoms with Crippen LogP contribution in [0.5, 0.6) is 0 Å². The second-order valence-electron chi connectivity index (χ2n) is 6.17. The van der Waals surface area contributed by atoms with Gasteiger partial charge in [-0.3, -0.25) is 9.97 Å². The van der Waals surface area contributed by atoms with E-state index in [1.54, 1.807) is 25.5 Å². The SMILES string of the molecule is CCOC(=O)c1cnc2c(ccc3ccccc32)c1NCc1cccnc1. The summed E-state index contributed by atoms with van der Waals surface area (Å²) in [6, 6.07) is 16.0. The molecule has 2 heterocycles. The molecule has 1 N–H and O–H groups in total. The number of ether oxygens (including phenoxy) is 1. The summed E-state index contributed by atoms with van der Waals surface area (Å²) in [6.07, 6.45) is 5.13. The number of esters is 1. The van der Waals surface area contributed by atoms with E-state index in [0.717, 1.165) is 32.9 Å². The molecule has 2 aromatic heterocycles. The van der Waals surface area contributed by atoms with Crippen molar-refractivity contribution >= 4 is 33.3 Å². The smallest absolute Gasteiger partial charge is 0.341 e. The highest BCUT2D eigenvalue weighted by Gasteiger charge is 2.17. The van der Waals surface area contributed by atoms with Crippen molar-refractivity contribution in [2.45, 2.75) is 13.5 Å². The fourth-order valence-corrected chi connectivity index (χ4v) is 3.18. The van der Waals surface area contributed by atoms with E-state index in [4.69, 9.17) is 4.74 Å². The Balaban J connectivity index is 1.86. The van der Waals surface area contributed by atoms with Crippen LogP contribution in [0.25, 0.3) is 21.7 Å². The third-order valence-electron chi connectivity index (χ3n) is 4.45. The number of fused-ring (bicyclic) bond motifs is 3. The van der Waals surface area contributed by atoms with Gasteiger partial charge in [-0.05, 0) is 23.9 Å². The average molecular weight is 357 g/mol. The predicted octanol–water partition coefficient (Wildman–Crippen LogP) is 4.57. The van der Waals surface area contributed by atoms with Crippen LogP contribution in [0.15, 0.2) is 67.1 Å². The van der Waals surface area contributed by atoms with Crippen LogP contribution in [-0.2, 0) is 11.3 Å². The first kappa shape index (κ1) is 17.0. The van der Waals surface area contributed by atoms with Crippen LogP contribution >= 0.6 is 0 Å². The minimum absolute atomic E-state index is 0.316. The topological polar surface area (TPSA) is 64.1 Å². The number of hydrogen-bond acceptors (Lipinski definition) is 5. The summed E-state index contributed by atoms with van der Waals surface area (Å²) in [4.78, 5) is 21.2. The molecule has 0 aliphatic heterocycles. The van der Waals surface area contributed by atoms with E-state index in [1.807, 2.05) is 42.5 Å². The number of carbonyl (C=O) groups excluding carboxylic acids is 1. The van der Waals surface area contributed by atoms with Crippen LogP contribution in [0.4, 0.5) is 5.69 Å². The largest absolute Gasteiger partial charge is 0.462 e. The van der Waals surface area contributed by atoms with Crippen molar-refractivity contribution in [1.29, 1.82) is 0 Å². The highest BCUT2D eigenvalue weighted by atomic mass is 16.5. The highest BCUT2D eigenvalue weighted by Crippen LogP contribution is 2.32. The summed E-state index contributed by atoms with van der Waals surface area (Å²) in [6.45, 7) is 2.66. The fourth-order valence-electron chi connectivity index (χ4n) is 3.18. The quantitative estimate of drug-likeness (QED) is 0.419. The molecule has 134 valence electrons. The zero-order chi connectivity index (χ0) is 18.6. The Morgan fingerprint density at radius 3 is 2.74 bits per heavy atom. The molecule has 0 amide bonds. The van der Waals surface area contributed by atoms with Gasteiger partial charge in [-0.2, -0.15) is 0 Å². The summed E-state index contributed by atoms with van der Waals surface area (Å²) in [5.74, 6) is -0.381. The monoisotopic (exact) mass is 357 g/mol. The lowest BCUT2D eigenvalue weighted by Gasteiger charge is -2.15. The summed E-state index contributed by atoms with van der Waals surface area (Å²) in [7, 11) is 0. The van der Waals surface area contributed by atoms with Crippen LogP contribution in [-0.4, -0.2) is 22.5 Å². The minimum atomic E-state index is -0.381. The number of anilines is 1. The number of pyridine rings is 2. The molecule has 0 atom stereocenters. The van der Waals surface area contributed by atoms with E-state index in [2.05, 4.69) is 21.4 Å². The van der Waals surface area contributed by atoms with E-state index < -0.39 is 0 Å². The van der Waals surface area contributed by atoms with Gasteiger partial charge < -0.3 is 10.1 Å². The van der Waals surface area contributed by atoms with Crippen molar-refractivity contribution in [3.8, 4) is 0 Å². The van der Waals surface area contributed by atoms with Crippen molar-refractivity contribution in [3.05, 3.63) is 78.2 Å². The van der Waals surface area contributed by atoms with Crippen LogP contribution in [0.3, 0.4) is 0 Å². The molecule has 0 saturated carbocycles. The maximum atomic E-state index is 12.5. The Morgan fingerprint density at radius 1 is 1.04 bits per heavy atom. The van der Waals surface area contributed by atoms with Gasteiger partial charge in [0.25, 0.3) is 0 Å². The van der Waals surface area contributed by atoms with Crippen molar-refractivity contribution in [3.63, 3.8) is 0 Å². The molecule has 0 fully saturated rings. The number of nitrogens with one attached hydrogen (secondary N) is 1. The molecule has 4 rings (SSSR count). The van der Waals surface area contributed by atoms with Gasteiger partial charge in [0, 0.05) is 35.9 Å². The van der Waals surface area contributed by atoms with Gasteiger partial charge in [0.15, 0.2) is 0 Å². The van der Waals surface area contributed by atoms with Crippen molar-refractivity contribution in [2.75, 3.05) is 11.9 Å². The molecule has 0 unspecified atom stereocenters. The lowest BCUT2D eigenvalue weighted by atomic mass is 10.0. The van der Waals surface area contributed by atoms with Crippen LogP contribution < -0.4 is 5.32 Å². The molecule has 4 aromatic rings. The third-order valence-corrected chi connectivity index (χ3v) is 4.45. The molecule has 2 aromatic carbocycles. The Labute approximate surface area is 157 Å². The first-order valence-corrected chi connectivity index (χ1v) is 8.88.